The predicted octanol–water partition coefficient (Wildman–Crippen LogP) is -6.93. The lowest BCUT2D eigenvalue weighted by molar-refractivity contribution is -0.382. The third-order valence-corrected chi connectivity index (χ3v) is 5.70. The van der Waals surface area contributed by atoms with Crippen molar-refractivity contribution in [3.8, 4) is 0 Å². The molecule has 3 aliphatic rings. The standard InChI is InChI=1S/C17H30O15/c18-1-5-8(22)10(24)12(26)17(30-5)31-13-9(23)6(2-19)29-15(27)14(13)32-16-11(25)7(21)4(20)3-28-16/h4-27H,1-3H2/t4-,5-,6-,7+,8-,9-,10+,11-,12-,13+,14-,15-,16+,17+/m1/s1. The highest BCUT2D eigenvalue weighted by molar-refractivity contribution is 4.95. The van der Waals surface area contributed by atoms with Crippen LogP contribution in [-0.4, -0.2) is 157 Å². The molecule has 3 fully saturated rings. The van der Waals surface area contributed by atoms with Crippen LogP contribution in [0.4, 0.5) is 0 Å². The van der Waals surface area contributed by atoms with Crippen LogP contribution < -0.4 is 0 Å². The smallest absolute Gasteiger partial charge is 0.187 e. The van der Waals surface area contributed by atoms with Crippen LogP contribution in [0.15, 0.2) is 0 Å². The zero-order chi connectivity index (χ0) is 23.7. The largest absolute Gasteiger partial charge is 0.394 e. The fourth-order valence-electron chi connectivity index (χ4n) is 3.75. The van der Waals surface area contributed by atoms with Crippen LogP contribution >= 0.6 is 0 Å². The van der Waals surface area contributed by atoms with E-state index in [0.29, 0.717) is 0 Å². The predicted molar refractivity (Wildman–Crippen MR) is 95.2 cm³/mol. The normalized spacial score (nSPS) is 52.7. The van der Waals surface area contributed by atoms with Crippen molar-refractivity contribution in [2.45, 2.75) is 86.0 Å². The second-order valence-electron chi connectivity index (χ2n) is 7.89. The molecule has 3 saturated heterocycles. The molecule has 15 heteroatoms. The van der Waals surface area contributed by atoms with Gasteiger partial charge in [0.1, 0.15) is 67.1 Å². The molecule has 15 nitrogen and oxygen atoms in total. The van der Waals surface area contributed by atoms with Crippen molar-refractivity contribution in [1.82, 2.24) is 0 Å². The van der Waals surface area contributed by atoms with E-state index in [2.05, 4.69) is 0 Å². The number of aliphatic hydroxyl groups excluding tert-OH is 10. The van der Waals surface area contributed by atoms with E-state index in [1.807, 2.05) is 0 Å². The Bertz CT molecular complexity index is 594. The van der Waals surface area contributed by atoms with Gasteiger partial charge in [-0.3, -0.25) is 0 Å². The molecule has 3 aliphatic heterocycles. The van der Waals surface area contributed by atoms with Gasteiger partial charge in [0.15, 0.2) is 18.9 Å². The van der Waals surface area contributed by atoms with Crippen molar-refractivity contribution in [3.05, 3.63) is 0 Å². The zero-order valence-electron chi connectivity index (χ0n) is 16.7. The van der Waals surface area contributed by atoms with Crippen LogP contribution in [0.1, 0.15) is 0 Å². The number of aliphatic hydroxyl groups is 10. The summed E-state index contributed by atoms with van der Waals surface area (Å²) in [6, 6.07) is 0. The molecule has 32 heavy (non-hydrogen) atoms. The van der Waals surface area contributed by atoms with Crippen molar-refractivity contribution < 1.29 is 74.7 Å². The van der Waals surface area contributed by atoms with E-state index in [0.717, 1.165) is 0 Å². The van der Waals surface area contributed by atoms with Crippen molar-refractivity contribution >= 4 is 0 Å². The Morgan fingerprint density at radius 2 is 1.16 bits per heavy atom. The summed E-state index contributed by atoms with van der Waals surface area (Å²) in [6.45, 7) is -1.93. The van der Waals surface area contributed by atoms with Crippen LogP contribution in [0.5, 0.6) is 0 Å². The van der Waals surface area contributed by atoms with E-state index in [4.69, 9.17) is 23.7 Å². The summed E-state index contributed by atoms with van der Waals surface area (Å²) in [5, 5.41) is 99.2. The van der Waals surface area contributed by atoms with Gasteiger partial charge in [0, 0.05) is 0 Å². The highest BCUT2D eigenvalue weighted by atomic mass is 16.8. The van der Waals surface area contributed by atoms with Gasteiger partial charge in [-0.15, -0.1) is 0 Å². The van der Waals surface area contributed by atoms with Gasteiger partial charge in [-0.25, -0.2) is 0 Å². The van der Waals surface area contributed by atoms with E-state index < -0.39 is 106 Å². The molecule has 14 atom stereocenters. The molecule has 0 amide bonds. The molecule has 0 radical (unpaired) electrons. The van der Waals surface area contributed by atoms with E-state index in [1.54, 1.807) is 0 Å². The number of rotatable bonds is 6. The Hall–Kier alpha value is -0.600. The maximum atomic E-state index is 10.6. The van der Waals surface area contributed by atoms with Crippen LogP contribution in [-0.2, 0) is 23.7 Å². The van der Waals surface area contributed by atoms with E-state index in [1.165, 1.54) is 0 Å². The Morgan fingerprint density at radius 3 is 1.78 bits per heavy atom. The average molecular weight is 474 g/mol. The first-order valence-corrected chi connectivity index (χ1v) is 10.00. The number of hydrogen-bond acceptors (Lipinski definition) is 15. The summed E-state index contributed by atoms with van der Waals surface area (Å²) in [7, 11) is 0. The lowest BCUT2D eigenvalue weighted by Gasteiger charge is -2.47. The zero-order valence-corrected chi connectivity index (χ0v) is 16.7. The first-order chi connectivity index (χ1) is 15.1. The topological polar surface area (TPSA) is 248 Å². The third kappa shape index (κ3) is 5.07. The molecule has 0 aromatic carbocycles. The molecular formula is C17H30O15. The van der Waals surface area contributed by atoms with Crippen molar-refractivity contribution in [2.75, 3.05) is 19.8 Å². The Balaban J connectivity index is 1.80. The third-order valence-electron chi connectivity index (χ3n) is 5.70. The molecule has 3 heterocycles. The summed E-state index contributed by atoms with van der Waals surface area (Å²) in [5.41, 5.74) is 0. The maximum absolute atomic E-state index is 10.6. The SMILES string of the molecule is OC[C@H]1O[C@@H](O[C@H]2[C@H](O)[C@@H](CO)O[C@@H](O)[C@@H]2O[C@@H]2OC[C@@H](O)[C@H](O)[C@H]2O)[C@H](O)[C@@H](O)[C@@H]1O. The highest BCUT2D eigenvalue weighted by Crippen LogP contribution is 2.31. The van der Waals surface area contributed by atoms with E-state index in [9.17, 15) is 51.1 Å². The fraction of sp³-hybridized carbons (Fsp3) is 1.00. The maximum Gasteiger partial charge on any atom is 0.187 e. The Morgan fingerprint density at radius 1 is 0.594 bits per heavy atom. The fourth-order valence-corrected chi connectivity index (χ4v) is 3.75. The van der Waals surface area contributed by atoms with Gasteiger partial charge in [0.2, 0.25) is 0 Å². The van der Waals surface area contributed by atoms with Gasteiger partial charge in [-0.2, -0.15) is 0 Å². The monoisotopic (exact) mass is 474 g/mol. The van der Waals surface area contributed by atoms with Gasteiger partial charge in [-0.1, -0.05) is 0 Å². The van der Waals surface area contributed by atoms with Gasteiger partial charge < -0.3 is 74.7 Å². The molecule has 0 saturated carbocycles. The Labute approximate surface area is 181 Å². The van der Waals surface area contributed by atoms with Crippen LogP contribution in [0.2, 0.25) is 0 Å². The van der Waals surface area contributed by atoms with Gasteiger partial charge in [0.05, 0.1) is 19.8 Å². The quantitative estimate of drug-likeness (QED) is 0.172. The van der Waals surface area contributed by atoms with Crippen LogP contribution in [0, 0.1) is 0 Å². The lowest BCUT2D eigenvalue weighted by Crippen LogP contribution is -2.66. The minimum Gasteiger partial charge on any atom is -0.394 e. The summed E-state index contributed by atoms with van der Waals surface area (Å²) < 4.78 is 26.4. The molecule has 0 spiro atoms. The van der Waals surface area contributed by atoms with E-state index in [-0.39, 0.29) is 0 Å². The molecule has 0 aromatic rings. The summed E-state index contributed by atoms with van der Waals surface area (Å²) in [6.07, 6.45) is -23.0. The minimum atomic E-state index is -1.87. The molecule has 0 unspecified atom stereocenters. The Kier molecular flexibility index (Phi) is 8.75. The molecule has 0 aliphatic carbocycles. The van der Waals surface area contributed by atoms with Crippen LogP contribution in [0.3, 0.4) is 0 Å². The molecule has 188 valence electrons. The molecule has 10 N–H and O–H groups in total. The van der Waals surface area contributed by atoms with Crippen molar-refractivity contribution in [2.24, 2.45) is 0 Å². The van der Waals surface area contributed by atoms with Gasteiger partial charge in [-0.05, 0) is 0 Å². The van der Waals surface area contributed by atoms with Crippen molar-refractivity contribution in [1.29, 1.82) is 0 Å². The molecule has 3 rings (SSSR count). The van der Waals surface area contributed by atoms with Gasteiger partial charge >= 0.3 is 0 Å². The molecule has 0 aromatic heterocycles. The second-order valence-corrected chi connectivity index (χ2v) is 7.89. The second kappa shape index (κ2) is 10.8. The van der Waals surface area contributed by atoms with E-state index >= 15 is 0 Å². The number of ether oxygens (including phenoxy) is 5. The molecule has 0 bridgehead atoms. The van der Waals surface area contributed by atoms with Gasteiger partial charge in [0.25, 0.3) is 0 Å². The highest BCUT2D eigenvalue weighted by Gasteiger charge is 2.52. The summed E-state index contributed by atoms with van der Waals surface area (Å²) >= 11 is 0. The lowest BCUT2D eigenvalue weighted by atomic mass is 9.96. The average Bonchev–Trinajstić information content (AvgIpc) is 2.78. The summed E-state index contributed by atoms with van der Waals surface area (Å²) in [4.78, 5) is 0. The summed E-state index contributed by atoms with van der Waals surface area (Å²) in [5.74, 6) is 0. The van der Waals surface area contributed by atoms with Crippen molar-refractivity contribution in [3.63, 3.8) is 0 Å². The number of hydrogen-bond donors (Lipinski definition) is 10. The minimum absolute atomic E-state index is 0.424. The molecular weight excluding hydrogens is 444 g/mol. The first-order valence-electron chi connectivity index (χ1n) is 10.00. The first kappa shape index (κ1) is 26.0. The van der Waals surface area contributed by atoms with Crippen LogP contribution in [0.25, 0.3) is 0 Å².